The summed E-state index contributed by atoms with van der Waals surface area (Å²) < 4.78 is 42.4. The van der Waals surface area contributed by atoms with Crippen molar-refractivity contribution in [1.29, 1.82) is 0 Å². The second kappa shape index (κ2) is 6.14. The summed E-state index contributed by atoms with van der Waals surface area (Å²) in [6.45, 7) is 0.527. The average molecular weight is 304 g/mol. The third-order valence-electron chi connectivity index (χ3n) is 2.65. The van der Waals surface area contributed by atoms with Crippen molar-refractivity contribution in [2.24, 2.45) is 0 Å². The van der Waals surface area contributed by atoms with E-state index in [1.807, 2.05) is 0 Å². The minimum absolute atomic E-state index is 0.199. The first-order valence-corrected chi connectivity index (χ1v) is 7.26. The van der Waals surface area contributed by atoms with Crippen LogP contribution in [0.15, 0.2) is 18.5 Å². The number of nitrogens with zero attached hydrogens (tertiary/aromatic N) is 1. The molecule has 1 saturated heterocycles. The highest BCUT2D eigenvalue weighted by Gasteiger charge is 2.22. The van der Waals surface area contributed by atoms with Crippen LogP contribution in [0.1, 0.15) is 19.3 Å². The molecule has 0 radical (unpaired) electrons. The van der Waals surface area contributed by atoms with Crippen molar-refractivity contribution in [3.8, 4) is 5.75 Å². The van der Waals surface area contributed by atoms with Crippen molar-refractivity contribution in [3.05, 3.63) is 18.5 Å². The fourth-order valence-corrected chi connectivity index (χ4v) is 2.14. The maximum absolute atomic E-state index is 12.4. The molecule has 0 aromatic carbocycles. The highest BCUT2D eigenvalue weighted by molar-refractivity contribution is 7.81. The molecule has 1 fully saturated rings. The lowest BCUT2D eigenvalue weighted by molar-refractivity contribution is -0.129. The molecular formula is C11H13FN2O5S. The molecule has 1 N–H and O–H groups in total. The van der Waals surface area contributed by atoms with Crippen LogP contribution in [0.25, 0.3) is 0 Å². The van der Waals surface area contributed by atoms with Crippen LogP contribution in [-0.4, -0.2) is 32.0 Å². The lowest BCUT2D eigenvalue weighted by atomic mass is 10.1. The van der Waals surface area contributed by atoms with Crippen LogP contribution in [0.3, 0.4) is 0 Å². The van der Waals surface area contributed by atoms with Gasteiger partial charge in [-0.3, -0.25) is 9.78 Å². The Balaban J connectivity index is 2.02. The summed E-state index contributed by atoms with van der Waals surface area (Å²) in [6, 6.07) is 1.16. The molecule has 110 valence electrons. The molecule has 2 rings (SSSR count). The summed E-state index contributed by atoms with van der Waals surface area (Å²) in [5.41, 5.74) is 0.199. The van der Waals surface area contributed by atoms with Crippen LogP contribution < -0.4 is 9.50 Å². The van der Waals surface area contributed by atoms with Crippen molar-refractivity contribution in [1.82, 2.24) is 4.98 Å². The molecule has 1 aromatic heterocycles. The van der Waals surface area contributed by atoms with Gasteiger partial charge in [0.25, 0.3) is 5.91 Å². The third-order valence-corrected chi connectivity index (χ3v) is 3.04. The van der Waals surface area contributed by atoms with Gasteiger partial charge in [0.1, 0.15) is 6.10 Å². The average Bonchev–Trinajstić information content (AvgIpc) is 2.38. The number of ether oxygens (including phenoxy) is 1. The lowest BCUT2D eigenvalue weighted by Crippen LogP contribution is -2.33. The molecule has 0 bridgehead atoms. The van der Waals surface area contributed by atoms with Gasteiger partial charge in [0.15, 0.2) is 5.75 Å². The number of aromatic nitrogens is 1. The lowest BCUT2D eigenvalue weighted by Gasteiger charge is -2.21. The predicted molar refractivity (Wildman–Crippen MR) is 67.1 cm³/mol. The predicted octanol–water partition coefficient (Wildman–Crippen LogP) is 1.18. The number of amides is 1. The van der Waals surface area contributed by atoms with E-state index >= 15 is 0 Å². The number of hydrogen-bond acceptors (Lipinski definition) is 6. The molecule has 1 aromatic rings. The van der Waals surface area contributed by atoms with E-state index in [0.717, 1.165) is 25.1 Å². The number of pyridine rings is 1. The van der Waals surface area contributed by atoms with E-state index in [1.54, 1.807) is 0 Å². The Morgan fingerprint density at radius 2 is 2.25 bits per heavy atom. The van der Waals surface area contributed by atoms with Gasteiger partial charge in [-0.05, 0) is 19.3 Å². The standard InChI is InChI=1S/C11H13FN2O5S/c12-20(16,17)19-9-5-8(6-13-7-9)14-11(15)10-3-1-2-4-18-10/h5-7,10H,1-4H2,(H,14,15). The first-order valence-electron chi connectivity index (χ1n) is 5.95. The van der Waals surface area contributed by atoms with Crippen molar-refractivity contribution >= 4 is 22.1 Å². The Labute approximate surface area is 115 Å². The normalized spacial score (nSPS) is 19.4. The highest BCUT2D eigenvalue weighted by atomic mass is 32.3. The van der Waals surface area contributed by atoms with Crippen molar-refractivity contribution in [2.45, 2.75) is 25.4 Å². The number of hydrogen-bond donors (Lipinski definition) is 1. The number of nitrogens with one attached hydrogen (secondary N) is 1. The molecule has 7 nitrogen and oxygen atoms in total. The molecule has 1 unspecified atom stereocenters. The maximum Gasteiger partial charge on any atom is 0.488 e. The second-order valence-corrected chi connectivity index (χ2v) is 5.18. The largest absolute Gasteiger partial charge is 0.488 e. The Morgan fingerprint density at radius 1 is 1.45 bits per heavy atom. The Hall–Kier alpha value is -1.74. The summed E-state index contributed by atoms with van der Waals surface area (Å²) >= 11 is 0. The van der Waals surface area contributed by atoms with E-state index in [1.165, 1.54) is 6.20 Å². The van der Waals surface area contributed by atoms with E-state index in [4.69, 9.17) is 4.74 Å². The minimum atomic E-state index is -5.12. The fraction of sp³-hybridized carbons (Fsp3) is 0.455. The molecule has 0 saturated carbocycles. The Kier molecular flexibility index (Phi) is 4.50. The summed E-state index contributed by atoms with van der Waals surface area (Å²) in [5.74, 6) is -0.679. The monoisotopic (exact) mass is 304 g/mol. The summed E-state index contributed by atoms with van der Waals surface area (Å²) in [6.07, 6.45) is 4.21. The van der Waals surface area contributed by atoms with Crippen LogP contribution in [0.2, 0.25) is 0 Å². The zero-order valence-electron chi connectivity index (χ0n) is 10.4. The molecule has 2 heterocycles. The number of anilines is 1. The minimum Gasteiger partial charge on any atom is -0.368 e. The van der Waals surface area contributed by atoms with Gasteiger partial charge in [0, 0.05) is 12.7 Å². The zero-order valence-corrected chi connectivity index (χ0v) is 11.2. The van der Waals surface area contributed by atoms with E-state index in [9.17, 15) is 17.1 Å². The number of rotatable bonds is 4. The first kappa shape index (κ1) is 14.7. The van der Waals surface area contributed by atoms with Crippen molar-refractivity contribution in [2.75, 3.05) is 11.9 Å². The maximum atomic E-state index is 12.4. The molecule has 1 amide bonds. The number of carbonyl (C=O) groups excluding carboxylic acids is 1. The quantitative estimate of drug-likeness (QED) is 0.839. The number of halogens is 1. The molecule has 1 atom stereocenters. The van der Waals surface area contributed by atoms with Crippen LogP contribution in [-0.2, 0) is 20.0 Å². The molecule has 9 heteroatoms. The van der Waals surface area contributed by atoms with Gasteiger partial charge in [-0.2, -0.15) is 8.42 Å². The highest BCUT2D eigenvalue weighted by Crippen LogP contribution is 2.19. The van der Waals surface area contributed by atoms with Crippen molar-refractivity contribution < 1.29 is 26.0 Å². The van der Waals surface area contributed by atoms with E-state index in [-0.39, 0.29) is 17.3 Å². The second-order valence-electron chi connectivity index (χ2n) is 4.23. The fourth-order valence-electron chi connectivity index (χ4n) is 1.82. The smallest absolute Gasteiger partial charge is 0.368 e. The summed E-state index contributed by atoms with van der Waals surface area (Å²) in [5, 5.41) is 2.51. The van der Waals surface area contributed by atoms with Gasteiger partial charge in [-0.25, -0.2) is 0 Å². The summed E-state index contributed by atoms with van der Waals surface area (Å²) in [7, 11) is -5.12. The van der Waals surface area contributed by atoms with Crippen LogP contribution in [0, 0.1) is 0 Å². The molecule has 1 aliphatic heterocycles. The van der Waals surface area contributed by atoms with Crippen LogP contribution in [0.4, 0.5) is 9.57 Å². The van der Waals surface area contributed by atoms with E-state index < -0.39 is 16.6 Å². The topological polar surface area (TPSA) is 94.6 Å². The number of carbonyl (C=O) groups is 1. The molecule has 0 spiro atoms. The molecule has 1 aliphatic rings. The Bertz CT molecular complexity index is 586. The van der Waals surface area contributed by atoms with Gasteiger partial charge in [0.2, 0.25) is 0 Å². The van der Waals surface area contributed by atoms with Gasteiger partial charge < -0.3 is 14.2 Å². The Morgan fingerprint density at radius 3 is 2.90 bits per heavy atom. The van der Waals surface area contributed by atoms with Gasteiger partial charge >= 0.3 is 10.5 Å². The third kappa shape index (κ3) is 4.42. The van der Waals surface area contributed by atoms with Gasteiger partial charge in [-0.1, -0.05) is 3.89 Å². The SMILES string of the molecule is O=C(Nc1cncc(OS(=O)(=O)F)c1)C1CCCCO1. The molecule has 20 heavy (non-hydrogen) atoms. The van der Waals surface area contributed by atoms with E-state index in [0.29, 0.717) is 13.0 Å². The van der Waals surface area contributed by atoms with Crippen LogP contribution >= 0.6 is 0 Å². The van der Waals surface area contributed by atoms with Gasteiger partial charge in [0.05, 0.1) is 18.1 Å². The first-order chi connectivity index (χ1) is 9.44. The molecular weight excluding hydrogens is 291 g/mol. The summed E-state index contributed by atoms with van der Waals surface area (Å²) in [4.78, 5) is 15.5. The van der Waals surface area contributed by atoms with E-state index in [2.05, 4.69) is 14.5 Å². The molecule has 0 aliphatic carbocycles. The van der Waals surface area contributed by atoms with Crippen molar-refractivity contribution in [3.63, 3.8) is 0 Å². The van der Waals surface area contributed by atoms with Gasteiger partial charge in [-0.15, -0.1) is 0 Å². The zero-order chi connectivity index (χ0) is 14.6. The van der Waals surface area contributed by atoms with Crippen LogP contribution in [0.5, 0.6) is 5.75 Å².